The SMILES string of the molecule is Nc1cc2cc(Cl)cc(CO)n2n1. The second-order valence-electron chi connectivity index (χ2n) is 2.73. The molecule has 0 spiro atoms. The Labute approximate surface area is 79.5 Å². The maximum absolute atomic E-state index is 9.01. The molecule has 3 N–H and O–H groups in total. The summed E-state index contributed by atoms with van der Waals surface area (Å²) < 4.78 is 1.57. The van der Waals surface area contributed by atoms with Crippen molar-refractivity contribution in [3.05, 3.63) is 28.9 Å². The van der Waals surface area contributed by atoms with Gasteiger partial charge in [-0.2, -0.15) is 5.10 Å². The van der Waals surface area contributed by atoms with Gasteiger partial charge in [-0.25, -0.2) is 4.52 Å². The molecule has 13 heavy (non-hydrogen) atoms. The molecule has 0 amide bonds. The molecule has 0 aliphatic heterocycles. The third kappa shape index (κ3) is 1.34. The summed E-state index contributed by atoms with van der Waals surface area (Å²) in [6.07, 6.45) is 0. The lowest BCUT2D eigenvalue weighted by Crippen LogP contribution is -1.98. The molecule has 2 rings (SSSR count). The molecule has 5 heteroatoms. The molecule has 0 atom stereocenters. The molecule has 2 aromatic heterocycles. The van der Waals surface area contributed by atoms with Crippen LogP contribution >= 0.6 is 11.6 Å². The monoisotopic (exact) mass is 197 g/mol. The van der Waals surface area contributed by atoms with Crippen LogP contribution in [0.15, 0.2) is 18.2 Å². The predicted molar refractivity (Wildman–Crippen MR) is 50.5 cm³/mol. The van der Waals surface area contributed by atoms with E-state index in [1.54, 1.807) is 22.7 Å². The summed E-state index contributed by atoms with van der Waals surface area (Å²) in [5.74, 6) is 0.414. The highest BCUT2D eigenvalue weighted by molar-refractivity contribution is 6.31. The van der Waals surface area contributed by atoms with Gasteiger partial charge in [0.1, 0.15) is 5.82 Å². The van der Waals surface area contributed by atoms with Crippen LogP contribution in [0.5, 0.6) is 0 Å². The summed E-state index contributed by atoms with van der Waals surface area (Å²) in [5, 5.41) is 13.6. The number of halogens is 1. The van der Waals surface area contributed by atoms with Gasteiger partial charge in [0.15, 0.2) is 0 Å². The Kier molecular flexibility index (Phi) is 1.86. The summed E-state index contributed by atoms with van der Waals surface area (Å²) >= 11 is 5.82. The molecular weight excluding hydrogens is 190 g/mol. The third-order valence-corrected chi connectivity index (χ3v) is 2.00. The number of aliphatic hydroxyl groups is 1. The zero-order valence-electron chi connectivity index (χ0n) is 6.74. The first-order valence-corrected chi connectivity index (χ1v) is 4.13. The number of rotatable bonds is 1. The molecule has 2 heterocycles. The molecule has 68 valence electrons. The van der Waals surface area contributed by atoms with Crippen molar-refractivity contribution >= 4 is 22.9 Å². The van der Waals surface area contributed by atoms with Gasteiger partial charge in [-0.1, -0.05) is 11.6 Å². The quantitative estimate of drug-likeness (QED) is 0.719. The molecule has 0 bridgehead atoms. The van der Waals surface area contributed by atoms with Crippen molar-refractivity contribution in [3.63, 3.8) is 0 Å². The van der Waals surface area contributed by atoms with Crippen LogP contribution in [-0.2, 0) is 6.61 Å². The van der Waals surface area contributed by atoms with Gasteiger partial charge in [0.05, 0.1) is 17.8 Å². The molecule has 0 aliphatic rings. The van der Waals surface area contributed by atoms with Crippen molar-refractivity contribution in [3.8, 4) is 0 Å². The van der Waals surface area contributed by atoms with Crippen molar-refractivity contribution in [2.75, 3.05) is 5.73 Å². The Hall–Kier alpha value is -1.26. The Bertz CT molecular complexity index is 452. The molecule has 4 nitrogen and oxygen atoms in total. The number of aromatic nitrogens is 2. The number of aliphatic hydroxyl groups excluding tert-OH is 1. The molecular formula is C8H8ClN3O. The molecule has 0 aromatic carbocycles. The summed E-state index contributed by atoms with van der Waals surface area (Å²) in [4.78, 5) is 0. The van der Waals surface area contributed by atoms with Crippen LogP contribution in [0.3, 0.4) is 0 Å². The van der Waals surface area contributed by atoms with E-state index in [0.717, 1.165) is 5.52 Å². The summed E-state index contributed by atoms with van der Waals surface area (Å²) in [7, 11) is 0. The Morgan fingerprint density at radius 1 is 1.46 bits per heavy atom. The van der Waals surface area contributed by atoms with Crippen LogP contribution < -0.4 is 5.73 Å². The number of hydrogen-bond donors (Lipinski definition) is 2. The van der Waals surface area contributed by atoms with E-state index in [4.69, 9.17) is 22.4 Å². The standard InChI is InChI=1S/C8H8ClN3O/c9-5-1-6-3-8(10)11-12(6)7(2-5)4-13/h1-3,13H,4H2,(H2,10,11). The topological polar surface area (TPSA) is 63.5 Å². The van der Waals surface area contributed by atoms with Crippen molar-refractivity contribution in [2.24, 2.45) is 0 Å². The van der Waals surface area contributed by atoms with Crippen LogP contribution in [0.25, 0.3) is 5.52 Å². The van der Waals surface area contributed by atoms with E-state index >= 15 is 0 Å². The highest BCUT2D eigenvalue weighted by Crippen LogP contribution is 2.17. The summed E-state index contributed by atoms with van der Waals surface area (Å²) in [6.45, 7) is -0.113. The molecule has 0 fully saturated rings. The Morgan fingerprint density at radius 2 is 2.23 bits per heavy atom. The summed E-state index contributed by atoms with van der Waals surface area (Å²) in [5.41, 5.74) is 6.92. The second kappa shape index (κ2) is 2.90. The Balaban J connectivity index is 2.80. The highest BCUT2D eigenvalue weighted by atomic mass is 35.5. The maximum atomic E-state index is 9.01. The van der Waals surface area contributed by atoms with E-state index in [0.29, 0.717) is 16.5 Å². The van der Waals surface area contributed by atoms with Gasteiger partial charge in [0, 0.05) is 11.1 Å². The first-order valence-electron chi connectivity index (χ1n) is 3.75. The average molecular weight is 198 g/mol. The van der Waals surface area contributed by atoms with Gasteiger partial charge in [-0.05, 0) is 12.1 Å². The smallest absolute Gasteiger partial charge is 0.146 e. The first kappa shape index (κ1) is 8.34. The predicted octanol–water partition coefficient (Wildman–Crippen LogP) is 1.06. The van der Waals surface area contributed by atoms with Crippen LogP contribution in [0.1, 0.15) is 5.69 Å². The fourth-order valence-electron chi connectivity index (χ4n) is 1.26. The lowest BCUT2D eigenvalue weighted by molar-refractivity contribution is 0.274. The third-order valence-electron chi connectivity index (χ3n) is 1.78. The van der Waals surface area contributed by atoms with Crippen LogP contribution in [0.2, 0.25) is 5.02 Å². The fraction of sp³-hybridized carbons (Fsp3) is 0.125. The van der Waals surface area contributed by atoms with Crippen molar-refractivity contribution in [1.29, 1.82) is 0 Å². The number of fused-ring (bicyclic) bond motifs is 1. The Morgan fingerprint density at radius 3 is 2.92 bits per heavy atom. The molecule has 0 aliphatic carbocycles. The van der Waals surface area contributed by atoms with E-state index in [-0.39, 0.29) is 6.61 Å². The maximum Gasteiger partial charge on any atom is 0.146 e. The number of hydrogen-bond acceptors (Lipinski definition) is 3. The molecule has 0 radical (unpaired) electrons. The van der Waals surface area contributed by atoms with Gasteiger partial charge in [0.25, 0.3) is 0 Å². The van der Waals surface area contributed by atoms with E-state index in [9.17, 15) is 0 Å². The number of pyridine rings is 1. The van der Waals surface area contributed by atoms with Gasteiger partial charge in [-0.15, -0.1) is 0 Å². The van der Waals surface area contributed by atoms with Crippen molar-refractivity contribution in [2.45, 2.75) is 6.61 Å². The number of nitrogens with zero attached hydrogens (tertiary/aromatic N) is 2. The molecule has 2 aromatic rings. The summed E-state index contributed by atoms with van der Waals surface area (Å²) in [6, 6.07) is 5.09. The van der Waals surface area contributed by atoms with E-state index in [1.807, 2.05) is 0 Å². The van der Waals surface area contributed by atoms with Crippen LogP contribution in [0, 0.1) is 0 Å². The molecule has 0 saturated heterocycles. The fourth-order valence-corrected chi connectivity index (χ4v) is 1.50. The zero-order chi connectivity index (χ0) is 9.42. The number of anilines is 1. The second-order valence-corrected chi connectivity index (χ2v) is 3.17. The minimum Gasteiger partial charge on any atom is -0.390 e. The minimum atomic E-state index is -0.113. The number of nitrogen functional groups attached to an aromatic ring is 1. The molecule has 0 unspecified atom stereocenters. The van der Waals surface area contributed by atoms with Gasteiger partial charge in [-0.3, -0.25) is 0 Å². The van der Waals surface area contributed by atoms with Crippen molar-refractivity contribution in [1.82, 2.24) is 9.61 Å². The van der Waals surface area contributed by atoms with Crippen LogP contribution in [-0.4, -0.2) is 14.7 Å². The van der Waals surface area contributed by atoms with Gasteiger partial charge >= 0.3 is 0 Å². The average Bonchev–Trinajstić information content (AvgIpc) is 2.43. The lowest BCUT2D eigenvalue weighted by Gasteiger charge is -2.01. The number of nitrogens with two attached hydrogens (primary N) is 1. The zero-order valence-corrected chi connectivity index (χ0v) is 7.49. The molecule has 0 saturated carbocycles. The normalized spacial score (nSPS) is 10.9. The van der Waals surface area contributed by atoms with E-state index in [2.05, 4.69) is 5.10 Å². The van der Waals surface area contributed by atoms with E-state index in [1.165, 1.54) is 0 Å². The first-order chi connectivity index (χ1) is 6.20. The minimum absolute atomic E-state index is 0.113. The highest BCUT2D eigenvalue weighted by Gasteiger charge is 2.04. The van der Waals surface area contributed by atoms with E-state index < -0.39 is 0 Å². The van der Waals surface area contributed by atoms with Crippen molar-refractivity contribution < 1.29 is 5.11 Å². The largest absolute Gasteiger partial charge is 0.390 e. The lowest BCUT2D eigenvalue weighted by atomic mass is 10.3. The van der Waals surface area contributed by atoms with Gasteiger partial charge in [0.2, 0.25) is 0 Å². The van der Waals surface area contributed by atoms with Crippen LogP contribution in [0.4, 0.5) is 5.82 Å². The van der Waals surface area contributed by atoms with Gasteiger partial charge < -0.3 is 10.8 Å².